The number of carbonyl (C=O) groups excluding carboxylic acids is 3. The lowest BCUT2D eigenvalue weighted by molar-refractivity contribution is -0.149. The third kappa shape index (κ3) is 3.14. The molecule has 4 heterocycles. The van der Waals surface area contributed by atoms with Gasteiger partial charge in [0.25, 0.3) is 0 Å². The van der Waals surface area contributed by atoms with E-state index in [1.165, 1.54) is 4.90 Å². The molecule has 1 N–H and O–H groups in total. The molecule has 4 aliphatic rings. The fourth-order valence-corrected chi connectivity index (χ4v) is 5.03. The van der Waals surface area contributed by atoms with Crippen LogP contribution in [0.15, 0.2) is 0 Å². The Bertz CT molecular complexity index is 553. The Morgan fingerprint density at radius 2 is 1.69 bits per heavy atom. The van der Waals surface area contributed by atoms with Crippen molar-refractivity contribution in [2.45, 2.75) is 57.3 Å². The molecule has 0 aromatic heterocycles. The molecule has 2 bridgehead atoms. The average Bonchev–Trinajstić information content (AvgIpc) is 3.30. The molecule has 3 amide bonds. The van der Waals surface area contributed by atoms with E-state index in [1.54, 1.807) is 0 Å². The maximum Gasteiger partial charge on any atom is 0.242 e. The zero-order chi connectivity index (χ0) is 17.6. The van der Waals surface area contributed by atoms with Gasteiger partial charge in [-0.2, -0.15) is 0 Å². The Hall–Kier alpha value is -1.18. The largest absolute Gasteiger partial charge is 0.373 e. The van der Waals surface area contributed by atoms with Gasteiger partial charge in [-0.15, -0.1) is 12.4 Å². The molecule has 4 rings (SSSR count). The number of piperidine rings is 1. The van der Waals surface area contributed by atoms with Crippen LogP contribution >= 0.6 is 12.4 Å². The molecule has 0 aromatic carbocycles. The Labute approximate surface area is 160 Å². The molecule has 7 nitrogen and oxygen atoms in total. The Morgan fingerprint density at radius 3 is 2.23 bits per heavy atom. The number of likely N-dealkylation sites (tertiary alicyclic amines) is 1. The monoisotopic (exact) mass is 385 g/mol. The normalized spacial score (nSPS) is 33.3. The van der Waals surface area contributed by atoms with E-state index >= 15 is 0 Å². The number of rotatable bonds is 5. The van der Waals surface area contributed by atoms with Crippen LogP contribution in [-0.4, -0.2) is 72.0 Å². The predicted octanol–water partition coefficient (Wildman–Crippen LogP) is 0.561. The summed E-state index contributed by atoms with van der Waals surface area (Å²) in [5, 5.41) is 3.31. The van der Waals surface area contributed by atoms with E-state index in [0.29, 0.717) is 6.54 Å². The van der Waals surface area contributed by atoms with Gasteiger partial charge >= 0.3 is 0 Å². The Balaban J connectivity index is 0.00000196. The van der Waals surface area contributed by atoms with Crippen molar-refractivity contribution >= 4 is 30.1 Å². The fraction of sp³-hybridized carbons (Fsp3) is 0.833. The molecule has 146 valence electrons. The van der Waals surface area contributed by atoms with E-state index in [-0.39, 0.29) is 66.8 Å². The minimum absolute atomic E-state index is 0. The molecule has 0 aliphatic carbocycles. The van der Waals surface area contributed by atoms with Crippen LogP contribution in [0.25, 0.3) is 0 Å². The van der Waals surface area contributed by atoms with E-state index in [4.69, 9.17) is 4.74 Å². The molecule has 0 radical (unpaired) electrons. The summed E-state index contributed by atoms with van der Waals surface area (Å²) >= 11 is 0. The number of halogens is 1. The lowest BCUT2D eigenvalue weighted by atomic mass is 9.81. The van der Waals surface area contributed by atoms with E-state index in [9.17, 15) is 14.4 Å². The number of ether oxygens (including phenoxy) is 1. The molecule has 4 atom stereocenters. The van der Waals surface area contributed by atoms with Gasteiger partial charge in [-0.05, 0) is 45.2 Å². The summed E-state index contributed by atoms with van der Waals surface area (Å²) in [6.07, 6.45) is 4.19. The minimum Gasteiger partial charge on any atom is -0.373 e. The molecule has 0 aromatic rings. The predicted molar refractivity (Wildman–Crippen MR) is 96.7 cm³/mol. The van der Waals surface area contributed by atoms with Crippen LogP contribution in [-0.2, 0) is 19.1 Å². The van der Waals surface area contributed by atoms with Gasteiger partial charge in [0.1, 0.15) is 6.54 Å². The number of hydrogen-bond donors (Lipinski definition) is 1. The van der Waals surface area contributed by atoms with Crippen molar-refractivity contribution < 1.29 is 19.1 Å². The molecule has 4 unspecified atom stereocenters. The van der Waals surface area contributed by atoms with Crippen LogP contribution in [0.2, 0.25) is 0 Å². The Kier molecular flexibility index (Phi) is 5.89. The van der Waals surface area contributed by atoms with E-state index < -0.39 is 0 Å². The molecule has 26 heavy (non-hydrogen) atoms. The van der Waals surface area contributed by atoms with Gasteiger partial charge in [0, 0.05) is 12.6 Å². The van der Waals surface area contributed by atoms with Gasteiger partial charge in [-0.3, -0.25) is 19.3 Å². The summed E-state index contributed by atoms with van der Waals surface area (Å²) in [5.74, 6) is -1.19. The molecule has 0 saturated carbocycles. The summed E-state index contributed by atoms with van der Waals surface area (Å²) in [6, 6.07) is 0.209. The second kappa shape index (κ2) is 7.82. The maximum atomic E-state index is 12.9. The molecule has 8 heteroatoms. The number of hydrogen-bond acceptors (Lipinski definition) is 5. The van der Waals surface area contributed by atoms with Gasteiger partial charge in [-0.1, -0.05) is 6.92 Å². The van der Waals surface area contributed by atoms with Crippen molar-refractivity contribution in [1.29, 1.82) is 0 Å². The van der Waals surface area contributed by atoms with Crippen molar-refractivity contribution in [2.24, 2.45) is 11.8 Å². The van der Waals surface area contributed by atoms with Gasteiger partial charge in [0.15, 0.2) is 0 Å². The van der Waals surface area contributed by atoms with Crippen LogP contribution < -0.4 is 5.32 Å². The van der Waals surface area contributed by atoms with Crippen molar-refractivity contribution in [3.8, 4) is 0 Å². The Morgan fingerprint density at radius 1 is 1.12 bits per heavy atom. The first-order chi connectivity index (χ1) is 12.1. The second-order valence-electron chi connectivity index (χ2n) is 7.67. The minimum atomic E-state index is -0.349. The standard InChI is InChI=1S/C18H27N3O4.ClH/c1-2-9-20(11-5-7-19-8-6-11)14(22)10-21-17(23)15-12-3-4-13(25-12)16(15)18(21)24;/h11-13,15-16,19H,2-10H2,1H3;1H. The summed E-state index contributed by atoms with van der Waals surface area (Å²) in [4.78, 5) is 41.5. The SMILES string of the molecule is CCCN(C(=O)CN1C(=O)C2C3CCC(O3)C2C1=O)C1CCNCC1.Cl. The summed E-state index contributed by atoms with van der Waals surface area (Å²) in [7, 11) is 0. The first kappa shape index (κ1) is 19.6. The fourth-order valence-electron chi connectivity index (χ4n) is 5.03. The van der Waals surface area contributed by atoms with Crippen LogP contribution in [0.4, 0.5) is 0 Å². The molecular weight excluding hydrogens is 358 g/mol. The van der Waals surface area contributed by atoms with Crippen molar-refractivity contribution in [2.75, 3.05) is 26.2 Å². The quantitative estimate of drug-likeness (QED) is 0.700. The smallest absolute Gasteiger partial charge is 0.242 e. The highest BCUT2D eigenvalue weighted by Gasteiger charge is 2.62. The molecular formula is C18H28ClN3O4. The van der Waals surface area contributed by atoms with Crippen LogP contribution in [0.5, 0.6) is 0 Å². The van der Waals surface area contributed by atoms with Gasteiger partial charge < -0.3 is 15.0 Å². The first-order valence-electron chi connectivity index (χ1n) is 9.62. The maximum absolute atomic E-state index is 12.9. The number of carbonyl (C=O) groups is 3. The number of nitrogens with one attached hydrogen (secondary N) is 1. The summed E-state index contributed by atoms with van der Waals surface area (Å²) < 4.78 is 5.74. The topological polar surface area (TPSA) is 79.0 Å². The number of imide groups is 1. The van der Waals surface area contributed by atoms with E-state index in [1.807, 2.05) is 11.8 Å². The van der Waals surface area contributed by atoms with Crippen LogP contribution in [0.1, 0.15) is 39.0 Å². The second-order valence-corrected chi connectivity index (χ2v) is 7.67. The van der Waals surface area contributed by atoms with Gasteiger partial charge in [-0.25, -0.2) is 0 Å². The summed E-state index contributed by atoms with van der Waals surface area (Å²) in [6.45, 7) is 4.44. The zero-order valence-electron chi connectivity index (χ0n) is 15.2. The van der Waals surface area contributed by atoms with E-state index in [2.05, 4.69) is 5.32 Å². The third-order valence-corrected chi connectivity index (χ3v) is 6.20. The molecule has 4 saturated heterocycles. The van der Waals surface area contributed by atoms with Crippen LogP contribution in [0.3, 0.4) is 0 Å². The lowest BCUT2D eigenvalue weighted by Crippen LogP contribution is -2.50. The zero-order valence-corrected chi connectivity index (χ0v) is 16.0. The van der Waals surface area contributed by atoms with E-state index in [0.717, 1.165) is 45.2 Å². The molecule has 0 spiro atoms. The third-order valence-electron chi connectivity index (χ3n) is 6.20. The lowest BCUT2D eigenvalue weighted by Gasteiger charge is -2.35. The highest BCUT2D eigenvalue weighted by atomic mass is 35.5. The summed E-state index contributed by atoms with van der Waals surface area (Å²) in [5.41, 5.74) is 0. The number of nitrogens with zero attached hydrogens (tertiary/aromatic N) is 2. The van der Waals surface area contributed by atoms with Gasteiger partial charge in [0.2, 0.25) is 17.7 Å². The number of amides is 3. The average molecular weight is 386 g/mol. The first-order valence-corrected chi connectivity index (χ1v) is 9.62. The van der Waals surface area contributed by atoms with Crippen molar-refractivity contribution in [3.63, 3.8) is 0 Å². The molecule has 4 fully saturated rings. The van der Waals surface area contributed by atoms with Crippen LogP contribution in [0, 0.1) is 11.8 Å². The highest BCUT2D eigenvalue weighted by molar-refractivity contribution is 6.08. The number of fused-ring (bicyclic) bond motifs is 5. The van der Waals surface area contributed by atoms with Crippen molar-refractivity contribution in [1.82, 2.24) is 15.1 Å². The van der Waals surface area contributed by atoms with Gasteiger partial charge in [0.05, 0.1) is 24.0 Å². The van der Waals surface area contributed by atoms with Crippen molar-refractivity contribution in [3.05, 3.63) is 0 Å². The molecule has 4 aliphatic heterocycles. The highest BCUT2D eigenvalue weighted by Crippen LogP contribution is 2.48.